The SMILES string of the molecule is C[C@H](Nc1ccc(N2CCCC2=O)cc1)c1nc(C(C)(C)C)no1. The normalized spacial score (nSPS) is 16.5. The Labute approximate surface area is 142 Å². The Kier molecular flexibility index (Phi) is 4.30. The summed E-state index contributed by atoms with van der Waals surface area (Å²) in [7, 11) is 0. The molecule has 2 heterocycles. The molecular weight excluding hydrogens is 304 g/mol. The Balaban J connectivity index is 1.67. The van der Waals surface area contributed by atoms with Crippen molar-refractivity contribution in [1.29, 1.82) is 0 Å². The van der Waals surface area contributed by atoms with Crippen molar-refractivity contribution in [3.63, 3.8) is 0 Å². The van der Waals surface area contributed by atoms with Crippen molar-refractivity contribution in [3.05, 3.63) is 36.0 Å². The monoisotopic (exact) mass is 328 g/mol. The first-order valence-electron chi connectivity index (χ1n) is 8.35. The van der Waals surface area contributed by atoms with Crippen molar-refractivity contribution < 1.29 is 9.32 Å². The molecule has 0 aliphatic carbocycles. The number of nitrogens with one attached hydrogen (secondary N) is 1. The number of hydrogen-bond acceptors (Lipinski definition) is 5. The van der Waals surface area contributed by atoms with Gasteiger partial charge in [0.2, 0.25) is 11.8 Å². The van der Waals surface area contributed by atoms with Crippen molar-refractivity contribution >= 4 is 17.3 Å². The van der Waals surface area contributed by atoms with Crippen molar-refractivity contribution in [2.24, 2.45) is 0 Å². The predicted octanol–water partition coefficient (Wildman–Crippen LogP) is 3.67. The summed E-state index contributed by atoms with van der Waals surface area (Å²) in [6.07, 6.45) is 1.58. The number of amides is 1. The molecule has 2 aromatic rings. The first-order valence-corrected chi connectivity index (χ1v) is 8.35. The summed E-state index contributed by atoms with van der Waals surface area (Å²) in [6, 6.07) is 7.78. The number of nitrogens with zero attached hydrogens (tertiary/aromatic N) is 3. The van der Waals surface area contributed by atoms with Gasteiger partial charge in [0.05, 0.1) is 0 Å². The zero-order chi connectivity index (χ0) is 17.3. The van der Waals surface area contributed by atoms with Crippen molar-refractivity contribution in [2.45, 2.75) is 52.0 Å². The van der Waals surface area contributed by atoms with Gasteiger partial charge in [-0.25, -0.2) is 0 Å². The van der Waals surface area contributed by atoms with Gasteiger partial charge in [0, 0.05) is 29.8 Å². The van der Waals surface area contributed by atoms with Gasteiger partial charge >= 0.3 is 0 Å². The quantitative estimate of drug-likeness (QED) is 0.927. The fraction of sp³-hybridized carbons (Fsp3) is 0.500. The third-order valence-electron chi connectivity index (χ3n) is 4.12. The van der Waals surface area contributed by atoms with Gasteiger partial charge < -0.3 is 14.7 Å². The largest absolute Gasteiger partial charge is 0.374 e. The van der Waals surface area contributed by atoms with Gasteiger partial charge in [-0.1, -0.05) is 25.9 Å². The maximum absolute atomic E-state index is 11.8. The van der Waals surface area contributed by atoms with E-state index in [0.717, 1.165) is 24.3 Å². The molecule has 1 saturated heterocycles. The highest BCUT2D eigenvalue weighted by Gasteiger charge is 2.24. The summed E-state index contributed by atoms with van der Waals surface area (Å²) in [5.74, 6) is 1.47. The molecule has 24 heavy (non-hydrogen) atoms. The molecule has 1 atom stereocenters. The Bertz CT molecular complexity index is 715. The topological polar surface area (TPSA) is 71.3 Å². The van der Waals surface area contributed by atoms with Crippen LogP contribution < -0.4 is 10.2 Å². The van der Waals surface area contributed by atoms with Crippen LogP contribution in [0.3, 0.4) is 0 Å². The molecule has 0 spiro atoms. The minimum atomic E-state index is -0.134. The van der Waals surface area contributed by atoms with Gasteiger partial charge in [-0.2, -0.15) is 4.98 Å². The Morgan fingerprint density at radius 3 is 2.50 bits per heavy atom. The summed E-state index contributed by atoms with van der Waals surface area (Å²) < 4.78 is 5.37. The molecule has 1 aliphatic heterocycles. The van der Waals surface area contributed by atoms with Crippen LogP contribution in [-0.2, 0) is 10.2 Å². The highest BCUT2D eigenvalue weighted by Crippen LogP contribution is 2.26. The standard InChI is InChI=1S/C18H24N4O2/c1-12(16-20-17(21-24-16)18(2,3)4)19-13-7-9-14(10-8-13)22-11-5-6-15(22)23/h7-10,12,19H,5-6,11H2,1-4H3/t12-/m0/s1. The second kappa shape index (κ2) is 6.26. The van der Waals surface area contributed by atoms with Crippen LogP contribution in [0.4, 0.5) is 11.4 Å². The van der Waals surface area contributed by atoms with Crippen LogP contribution in [0.2, 0.25) is 0 Å². The number of hydrogen-bond donors (Lipinski definition) is 1. The molecule has 1 aliphatic rings. The fourth-order valence-electron chi connectivity index (χ4n) is 2.69. The van der Waals surface area contributed by atoms with E-state index in [9.17, 15) is 4.79 Å². The van der Waals surface area contributed by atoms with Crippen LogP contribution in [0.15, 0.2) is 28.8 Å². The molecule has 6 heteroatoms. The smallest absolute Gasteiger partial charge is 0.248 e. The number of carbonyl (C=O) groups is 1. The van der Waals surface area contributed by atoms with Gasteiger partial charge in [0.15, 0.2) is 5.82 Å². The van der Waals surface area contributed by atoms with Crippen LogP contribution in [0.1, 0.15) is 58.3 Å². The molecule has 6 nitrogen and oxygen atoms in total. The van der Waals surface area contributed by atoms with Gasteiger partial charge in [-0.05, 0) is 37.6 Å². The fourth-order valence-corrected chi connectivity index (χ4v) is 2.69. The minimum Gasteiger partial charge on any atom is -0.374 e. The van der Waals surface area contributed by atoms with Gasteiger partial charge in [0.25, 0.3) is 0 Å². The van der Waals surface area contributed by atoms with Crippen LogP contribution in [-0.4, -0.2) is 22.6 Å². The Morgan fingerprint density at radius 2 is 1.96 bits per heavy atom. The lowest BCUT2D eigenvalue weighted by atomic mass is 9.96. The number of anilines is 2. The third-order valence-corrected chi connectivity index (χ3v) is 4.12. The Hall–Kier alpha value is -2.37. The average Bonchev–Trinajstić information content (AvgIpc) is 3.16. The van der Waals surface area contributed by atoms with Gasteiger partial charge in [0.1, 0.15) is 6.04 Å². The maximum Gasteiger partial charge on any atom is 0.248 e. The lowest BCUT2D eigenvalue weighted by molar-refractivity contribution is -0.117. The first kappa shape index (κ1) is 16.5. The molecule has 3 rings (SSSR count). The van der Waals surface area contributed by atoms with Crippen molar-refractivity contribution in [1.82, 2.24) is 10.1 Å². The highest BCUT2D eigenvalue weighted by molar-refractivity contribution is 5.95. The van der Waals surface area contributed by atoms with E-state index in [1.807, 2.05) is 36.1 Å². The molecule has 128 valence electrons. The van der Waals surface area contributed by atoms with Crippen LogP contribution in [0.25, 0.3) is 0 Å². The number of aromatic nitrogens is 2. The highest BCUT2D eigenvalue weighted by atomic mass is 16.5. The molecule has 0 radical (unpaired) electrons. The zero-order valence-corrected chi connectivity index (χ0v) is 14.7. The average molecular weight is 328 g/mol. The first-order chi connectivity index (χ1) is 11.3. The van der Waals surface area contributed by atoms with E-state index in [4.69, 9.17) is 4.52 Å². The van der Waals surface area contributed by atoms with E-state index >= 15 is 0 Å². The molecule has 0 bridgehead atoms. The van der Waals surface area contributed by atoms with Gasteiger partial charge in [-0.15, -0.1) is 0 Å². The van der Waals surface area contributed by atoms with Crippen LogP contribution in [0.5, 0.6) is 0 Å². The summed E-state index contributed by atoms with van der Waals surface area (Å²) >= 11 is 0. The summed E-state index contributed by atoms with van der Waals surface area (Å²) in [6.45, 7) is 8.95. The van der Waals surface area contributed by atoms with E-state index in [1.165, 1.54) is 0 Å². The predicted molar refractivity (Wildman–Crippen MR) is 93.1 cm³/mol. The molecule has 1 fully saturated rings. The Morgan fingerprint density at radius 1 is 1.25 bits per heavy atom. The lowest BCUT2D eigenvalue weighted by Crippen LogP contribution is -2.23. The van der Waals surface area contributed by atoms with E-state index in [0.29, 0.717) is 18.1 Å². The summed E-state index contributed by atoms with van der Waals surface area (Å²) in [5.41, 5.74) is 1.77. The van der Waals surface area contributed by atoms with Gasteiger partial charge in [-0.3, -0.25) is 4.79 Å². The van der Waals surface area contributed by atoms with E-state index < -0.39 is 0 Å². The molecule has 0 saturated carbocycles. The molecule has 0 unspecified atom stereocenters. The van der Waals surface area contributed by atoms with Crippen LogP contribution in [0, 0.1) is 0 Å². The zero-order valence-electron chi connectivity index (χ0n) is 14.7. The molecule has 1 aromatic carbocycles. The number of rotatable bonds is 4. The van der Waals surface area contributed by atoms with Crippen molar-refractivity contribution in [3.8, 4) is 0 Å². The molecule has 1 N–H and O–H groups in total. The molecule has 1 amide bonds. The van der Waals surface area contributed by atoms with E-state index in [1.54, 1.807) is 0 Å². The molecular formula is C18H24N4O2. The second-order valence-electron chi connectivity index (χ2n) is 7.27. The third kappa shape index (κ3) is 3.42. The second-order valence-corrected chi connectivity index (χ2v) is 7.27. The number of benzene rings is 1. The lowest BCUT2D eigenvalue weighted by Gasteiger charge is -2.17. The minimum absolute atomic E-state index is 0.0899. The summed E-state index contributed by atoms with van der Waals surface area (Å²) in [4.78, 5) is 18.1. The van der Waals surface area contributed by atoms with Crippen molar-refractivity contribution in [2.75, 3.05) is 16.8 Å². The van der Waals surface area contributed by atoms with E-state index in [-0.39, 0.29) is 17.4 Å². The molecule has 1 aromatic heterocycles. The van der Waals surface area contributed by atoms with Crippen LogP contribution >= 0.6 is 0 Å². The summed E-state index contributed by atoms with van der Waals surface area (Å²) in [5, 5.41) is 7.41. The van der Waals surface area contributed by atoms with E-state index in [2.05, 4.69) is 36.2 Å². The maximum atomic E-state index is 11.8. The number of carbonyl (C=O) groups excluding carboxylic acids is 1.